The number of thioether (sulfide) groups is 1. The molecule has 1 fully saturated rings. The summed E-state index contributed by atoms with van der Waals surface area (Å²) in [5.41, 5.74) is 1.02. The molecule has 0 unspecified atom stereocenters. The van der Waals surface area contributed by atoms with Gasteiger partial charge in [-0.15, -0.1) is 11.8 Å². The molecule has 2 aliphatic heterocycles. The minimum atomic E-state index is -0.595. The minimum Gasteiger partial charge on any atom is -0.462 e. The van der Waals surface area contributed by atoms with Crippen LogP contribution in [0.4, 0.5) is 5.69 Å². The zero-order valence-electron chi connectivity index (χ0n) is 20.4. The zero-order chi connectivity index (χ0) is 24.5. The zero-order valence-corrected chi connectivity index (χ0v) is 21.2. The number of carbonyl (C=O) groups is 2. The molecule has 0 spiro atoms. The minimum absolute atomic E-state index is 0.0817. The molecule has 0 aliphatic carbocycles. The van der Waals surface area contributed by atoms with Gasteiger partial charge in [0.2, 0.25) is 0 Å². The molecule has 0 bridgehead atoms. The number of esters is 1. The predicted molar refractivity (Wildman–Crippen MR) is 138 cm³/mol. The summed E-state index contributed by atoms with van der Waals surface area (Å²) in [6.45, 7) is 10.8. The number of amides is 1. The van der Waals surface area contributed by atoms with Crippen LogP contribution in [0.2, 0.25) is 0 Å². The Bertz CT molecular complexity index is 1190. The van der Waals surface area contributed by atoms with Crippen LogP contribution in [0.25, 0.3) is 10.9 Å². The lowest BCUT2D eigenvalue weighted by Crippen LogP contribution is -2.50. The number of carbonyl (C=O) groups excluding carboxylic acids is 2. The summed E-state index contributed by atoms with van der Waals surface area (Å²) in [6, 6.07) is 7.74. The molecule has 7 nitrogen and oxygen atoms in total. The van der Waals surface area contributed by atoms with Crippen LogP contribution in [-0.4, -0.2) is 59.9 Å². The van der Waals surface area contributed by atoms with Gasteiger partial charge in [-0.3, -0.25) is 9.59 Å². The van der Waals surface area contributed by atoms with E-state index in [1.165, 1.54) is 0 Å². The lowest BCUT2D eigenvalue weighted by molar-refractivity contribution is -0.126. The Labute approximate surface area is 204 Å². The summed E-state index contributed by atoms with van der Waals surface area (Å²) in [4.78, 5) is 44.5. The van der Waals surface area contributed by atoms with Gasteiger partial charge < -0.3 is 19.1 Å². The van der Waals surface area contributed by atoms with E-state index in [9.17, 15) is 14.4 Å². The SMILES string of the molecule is CCOC(=O)c1c(N2CCN(C(=O)C3=CCCS3)CC2)c2ccccc2n(CC(C)(C)C)c1=O. The van der Waals surface area contributed by atoms with Crippen molar-refractivity contribution < 1.29 is 14.3 Å². The number of para-hydroxylation sites is 1. The maximum absolute atomic E-state index is 13.7. The van der Waals surface area contributed by atoms with Gasteiger partial charge in [0, 0.05) is 43.9 Å². The Morgan fingerprint density at radius 2 is 1.79 bits per heavy atom. The number of anilines is 1. The third-order valence-electron chi connectivity index (χ3n) is 6.06. The summed E-state index contributed by atoms with van der Waals surface area (Å²) in [5, 5.41) is 0.850. The van der Waals surface area contributed by atoms with Crippen LogP contribution in [0.1, 0.15) is 44.5 Å². The Morgan fingerprint density at radius 1 is 1.09 bits per heavy atom. The van der Waals surface area contributed by atoms with E-state index in [1.54, 1.807) is 23.3 Å². The fourth-order valence-corrected chi connectivity index (χ4v) is 5.54. The van der Waals surface area contributed by atoms with Crippen molar-refractivity contribution in [1.82, 2.24) is 9.47 Å². The molecule has 4 rings (SSSR count). The first-order valence-corrected chi connectivity index (χ1v) is 12.9. The van der Waals surface area contributed by atoms with Crippen LogP contribution in [0.3, 0.4) is 0 Å². The predicted octanol–water partition coefficient (Wildman–Crippen LogP) is 3.89. The summed E-state index contributed by atoms with van der Waals surface area (Å²) in [5.74, 6) is 0.445. The molecule has 1 aromatic heterocycles. The van der Waals surface area contributed by atoms with Crippen LogP contribution in [0.5, 0.6) is 0 Å². The Balaban J connectivity index is 1.77. The molecule has 3 heterocycles. The average molecular weight is 484 g/mol. The van der Waals surface area contributed by atoms with Crippen molar-refractivity contribution in [3.05, 3.63) is 51.2 Å². The molecule has 0 N–H and O–H groups in total. The lowest BCUT2D eigenvalue weighted by atomic mass is 9.96. The molecule has 0 radical (unpaired) electrons. The number of aromatic nitrogens is 1. The van der Waals surface area contributed by atoms with Gasteiger partial charge in [-0.2, -0.15) is 0 Å². The Kier molecular flexibility index (Phi) is 7.07. The fourth-order valence-electron chi connectivity index (χ4n) is 4.59. The molecule has 8 heteroatoms. The van der Waals surface area contributed by atoms with Crippen molar-refractivity contribution in [2.75, 3.05) is 43.4 Å². The Hall–Kier alpha value is -2.74. The van der Waals surface area contributed by atoms with Crippen LogP contribution < -0.4 is 10.5 Å². The first kappa shape index (κ1) is 24.4. The third kappa shape index (κ3) is 4.87. The maximum atomic E-state index is 13.7. The van der Waals surface area contributed by atoms with Crippen LogP contribution >= 0.6 is 11.8 Å². The van der Waals surface area contributed by atoms with Gasteiger partial charge in [0.25, 0.3) is 11.5 Å². The number of hydrogen-bond acceptors (Lipinski definition) is 6. The fraction of sp³-hybridized carbons (Fsp3) is 0.500. The second kappa shape index (κ2) is 9.86. The van der Waals surface area contributed by atoms with E-state index in [1.807, 2.05) is 35.2 Å². The standard InChI is InChI=1S/C26H33N3O4S/c1-5-33-25(32)21-22(27-12-14-28(15-13-27)23(30)20-11-8-16-34-20)18-9-6-7-10-19(18)29(24(21)31)17-26(2,3)4/h6-7,9-11H,5,8,12-17H2,1-4H3. The highest BCUT2D eigenvalue weighted by Crippen LogP contribution is 2.32. The monoisotopic (exact) mass is 483 g/mol. The number of benzene rings is 1. The first-order valence-electron chi connectivity index (χ1n) is 11.9. The van der Waals surface area contributed by atoms with Gasteiger partial charge in [-0.25, -0.2) is 4.79 Å². The number of allylic oxidation sites excluding steroid dienone is 1. The number of ether oxygens (including phenoxy) is 1. The van der Waals surface area contributed by atoms with E-state index in [0.29, 0.717) is 38.4 Å². The largest absolute Gasteiger partial charge is 0.462 e. The molecule has 2 aliphatic rings. The van der Waals surface area contributed by atoms with Crippen molar-refractivity contribution in [3.63, 3.8) is 0 Å². The molecule has 34 heavy (non-hydrogen) atoms. The van der Waals surface area contributed by atoms with Gasteiger partial charge in [0.1, 0.15) is 5.56 Å². The molecule has 2 aromatic rings. The molecule has 1 saturated heterocycles. The number of piperazine rings is 1. The smallest absolute Gasteiger partial charge is 0.345 e. The summed E-state index contributed by atoms with van der Waals surface area (Å²) >= 11 is 1.61. The van der Waals surface area contributed by atoms with Crippen molar-refractivity contribution in [1.29, 1.82) is 0 Å². The van der Waals surface area contributed by atoms with E-state index in [2.05, 4.69) is 25.7 Å². The quantitative estimate of drug-likeness (QED) is 0.601. The molecule has 0 atom stereocenters. The Morgan fingerprint density at radius 3 is 2.41 bits per heavy atom. The molecule has 1 amide bonds. The first-order chi connectivity index (χ1) is 16.2. The van der Waals surface area contributed by atoms with Crippen molar-refractivity contribution in [3.8, 4) is 0 Å². The molecule has 0 saturated carbocycles. The van der Waals surface area contributed by atoms with Crippen molar-refractivity contribution >= 4 is 40.2 Å². The summed E-state index contributed by atoms with van der Waals surface area (Å²) in [6.07, 6.45) is 2.95. The normalized spacial score (nSPS) is 16.6. The van der Waals surface area contributed by atoms with E-state index in [4.69, 9.17) is 4.74 Å². The van der Waals surface area contributed by atoms with Crippen molar-refractivity contribution in [2.24, 2.45) is 5.41 Å². The topological polar surface area (TPSA) is 71.8 Å². The van der Waals surface area contributed by atoms with Gasteiger partial charge in [-0.05, 0) is 24.8 Å². The molecular weight excluding hydrogens is 450 g/mol. The molecule has 182 valence electrons. The average Bonchev–Trinajstić information content (AvgIpc) is 3.34. The highest BCUT2D eigenvalue weighted by Gasteiger charge is 2.31. The number of pyridine rings is 1. The highest BCUT2D eigenvalue weighted by molar-refractivity contribution is 8.04. The van der Waals surface area contributed by atoms with Crippen LogP contribution in [0.15, 0.2) is 40.0 Å². The number of nitrogens with zero attached hydrogens (tertiary/aromatic N) is 3. The van der Waals surface area contributed by atoms with Gasteiger partial charge in [0.05, 0.1) is 22.7 Å². The van der Waals surface area contributed by atoms with Crippen LogP contribution in [0, 0.1) is 5.41 Å². The maximum Gasteiger partial charge on any atom is 0.345 e. The highest BCUT2D eigenvalue weighted by atomic mass is 32.2. The second-order valence-electron chi connectivity index (χ2n) is 9.90. The van der Waals surface area contributed by atoms with E-state index in [-0.39, 0.29) is 29.1 Å². The van der Waals surface area contributed by atoms with Gasteiger partial charge in [0.15, 0.2) is 0 Å². The summed E-state index contributed by atoms with van der Waals surface area (Å²) in [7, 11) is 0. The van der Waals surface area contributed by atoms with E-state index >= 15 is 0 Å². The van der Waals surface area contributed by atoms with Gasteiger partial charge in [-0.1, -0.05) is 45.0 Å². The van der Waals surface area contributed by atoms with Crippen LogP contribution in [-0.2, 0) is 16.1 Å². The lowest BCUT2D eigenvalue weighted by Gasteiger charge is -2.37. The number of fused-ring (bicyclic) bond motifs is 1. The number of hydrogen-bond donors (Lipinski definition) is 0. The van der Waals surface area contributed by atoms with Gasteiger partial charge >= 0.3 is 5.97 Å². The molecule has 1 aromatic carbocycles. The second-order valence-corrected chi connectivity index (χ2v) is 11.0. The number of rotatable bonds is 5. The van der Waals surface area contributed by atoms with Crippen molar-refractivity contribution in [2.45, 2.75) is 40.7 Å². The van der Waals surface area contributed by atoms with E-state index in [0.717, 1.165) is 28.0 Å². The molecular formula is C26H33N3O4S. The third-order valence-corrected chi connectivity index (χ3v) is 7.15. The summed E-state index contributed by atoms with van der Waals surface area (Å²) < 4.78 is 7.05. The van der Waals surface area contributed by atoms with E-state index < -0.39 is 5.97 Å².